The third-order valence-electron chi connectivity index (χ3n) is 13.6. The molecule has 7 heterocycles. The van der Waals surface area contributed by atoms with Crippen LogP contribution < -0.4 is 36.0 Å². The quantitative estimate of drug-likeness (QED) is 0.168. The third-order valence-corrected chi connectivity index (χ3v) is 13.9. The lowest BCUT2D eigenvalue weighted by atomic mass is 9.71. The number of nitrogens with zero attached hydrogens (tertiary/aromatic N) is 7. The van der Waals surface area contributed by atoms with Gasteiger partial charge in [0.2, 0.25) is 11.9 Å². The van der Waals surface area contributed by atoms with Gasteiger partial charge in [-0.3, -0.25) is 19.2 Å². The molecule has 2 aromatic heterocycles. The number of rotatable bonds is 11. The smallest absolute Gasteiger partial charge is 0.293 e. The van der Waals surface area contributed by atoms with Gasteiger partial charge in [-0.2, -0.15) is 4.98 Å². The minimum atomic E-state index is -1.33. The van der Waals surface area contributed by atoms with Crippen molar-refractivity contribution in [3.05, 3.63) is 75.2 Å². The van der Waals surface area contributed by atoms with E-state index in [4.69, 9.17) is 21.3 Å². The number of aliphatic hydroxyl groups excluding tert-OH is 1. The van der Waals surface area contributed by atoms with Crippen molar-refractivity contribution in [2.45, 2.75) is 82.9 Å². The standard InChI is InChI=1S/C45H54ClFN10O6/c1-27(2)57-33-8-7-29(19-28(33)20-36(42(57)62)63-23-38(59)48-3)50-39-32(46)21-49-43(52-39)54-17-13-45(47,14-18-54)26-53-15-11-44(12-16-53)24-55(25-44)34-6-4-5-30-31(34)22-56(41(30)61)35-9-10-37(58)51-40(35)60/h4-8,19-21,27,35,40,60H,9-18,22-26H2,1-3H3,(H,48,59)(H,51,58)(H,49,50,52). The number of pyridine rings is 1. The van der Waals surface area contributed by atoms with Crippen molar-refractivity contribution < 1.29 is 28.6 Å². The maximum atomic E-state index is 16.5. The predicted molar refractivity (Wildman–Crippen MR) is 238 cm³/mol. The fourth-order valence-corrected chi connectivity index (χ4v) is 10.2. The molecule has 4 fully saturated rings. The number of nitrogens with one attached hydrogen (secondary N) is 3. The van der Waals surface area contributed by atoms with Crippen molar-refractivity contribution in [1.29, 1.82) is 0 Å². The molecule has 2 atom stereocenters. The van der Waals surface area contributed by atoms with Gasteiger partial charge in [0.15, 0.2) is 18.2 Å². The molecule has 3 amide bonds. The second-order valence-corrected chi connectivity index (χ2v) is 18.5. The van der Waals surface area contributed by atoms with Gasteiger partial charge in [0.25, 0.3) is 17.4 Å². The molecule has 2 aromatic carbocycles. The van der Waals surface area contributed by atoms with Gasteiger partial charge < -0.3 is 50.0 Å². The van der Waals surface area contributed by atoms with Gasteiger partial charge in [-0.15, -0.1) is 0 Å². The monoisotopic (exact) mass is 884 g/mol. The fraction of sp³-hybridized carbons (Fsp3) is 0.511. The number of ether oxygens (including phenoxy) is 1. The van der Waals surface area contributed by atoms with E-state index >= 15 is 4.39 Å². The number of amides is 3. The number of hydrogen-bond donors (Lipinski definition) is 4. The number of carbonyl (C=O) groups excluding carboxylic acids is 3. The highest BCUT2D eigenvalue weighted by Crippen LogP contribution is 2.46. The highest BCUT2D eigenvalue weighted by atomic mass is 35.5. The van der Waals surface area contributed by atoms with E-state index in [0.29, 0.717) is 79.0 Å². The third kappa shape index (κ3) is 8.37. The van der Waals surface area contributed by atoms with Crippen LogP contribution >= 0.6 is 11.6 Å². The summed E-state index contributed by atoms with van der Waals surface area (Å²) in [5.41, 5.74) is 2.58. The van der Waals surface area contributed by atoms with Crippen LogP contribution in [0.25, 0.3) is 10.9 Å². The van der Waals surface area contributed by atoms with E-state index < -0.39 is 17.9 Å². The molecule has 334 valence electrons. The van der Waals surface area contributed by atoms with Crippen LogP contribution in [-0.4, -0.2) is 125 Å². The van der Waals surface area contributed by atoms with Crippen molar-refractivity contribution in [2.75, 3.05) is 74.6 Å². The Bertz CT molecular complexity index is 2500. The molecule has 5 aliphatic heterocycles. The molecule has 4 aromatic rings. The van der Waals surface area contributed by atoms with E-state index in [1.165, 1.54) is 7.05 Å². The number of likely N-dealkylation sites (tertiary alicyclic amines) is 1. The van der Waals surface area contributed by atoms with Crippen LogP contribution in [0.3, 0.4) is 0 Å². The minimum absolute atomic E-state index is 0.0696. The molecular weight excluding hydrogens is 831 g/mol. The molecule has 2 unspecified atom stereocenters. The number of anilines is 4. The fourth-order valence-electron chi connectivity index (χ4n) is 10.1. The van der Waals surface area contributed by atoms with Crippen molar-refractivity contribution in [3.8, 4) is 5.75 Å². The zero-order chi connectivity index (χ0) is 44.2. The Balaban J connectivity index is 0.785. The summed E-state index contributed by atoms with van der Waals surface area (Å²) in [5, 5.41) is 19.9. The summed E-state index contributed by atoms with van der Waals surface area (Å²) in [6.07, 6.45) is 3.85. The topological polar surface area (TPSA) is 178 Å². The highest BCUT2D eigenvalue weighted by Gasteiger charge is 2.48. The van der Waals surface area contributed by atoms with Crippen LogP contribution in [-0.2, 0) is 16.1 Å². The Morgan fingerprint density at radius 3 is 2.52 bits per heavy atom. The van der Waals surface area contributed by atoms with Crippen LogP contribution in [0.1, 0.15) is 74.3 Å². The summed E-state index contributed by atoms with van der Waals surface area (Å²) in [5.74, 6) is 0.267. The van der Waals surface area contributed by atoms with Crippen LogP contribution in [0.15, 0.2) is 53.5 Å². The first-order chi connectivity index (χ1) is 30.2. The molecule has 0 radical (unpaired) electrons. The Kier molecular flexibility index (Phi) is 11.5. The van der Waals surface area contributed by atoms with Gasteiger partial charge in [0.05, 0.1) is 17.8 Å². The average Bonchev–Trinajstić information content (AvgIpc) is 3.59. The Morgan fingerprint density at radius 2 is 1.81 bits per heavy atom. The Morgan fingerprint density at radius 1 is 1.05 bits per heavy atom. The molecule has 9 rings (SSSR count). The van der Waals surface area contributed by atoms with Crippen molar-refractivity contribution in [1.82, 2.24) is 35.0 Å². The maximum Gasteiger partial charge on any atom is 0.293 e. The van der Waals surface area contributed by atoms with Crippen molar-refractivity contribution in [3.63, 3.8) is 0 Å². The molecule has 0 aliphatic carbocycles. The van der Waals surface area contributed by atoms with Gasteiger partial charge in [-0.05, 0) is 82.6 Å². The lowest BCUT2D eigenvalue weighted by Gasteiger charge is -2.56. The van der Waals surface area contributed by atoms with Gasteiger partial charge in [-0.1, -0.05) is 17.7 Å². The van der Waals surface area contributed by atoms with Gasteiger partial charge in [0.1, 0.15) is 16.9 Å². The summed E-state index contributed by atoms with van der Waals surface area (Å²) in [6.45, 7) is 8.69. The van der Waals surface area contributed by atoms with Crippen molar-refractivity contribution >= 4 is 63.4 Å². The first-order valence-corrected chi connectivity index (χ1v) is 22.2. The van der Waals surface area contributed by atoms with E-state index in [0.717, 1.165) is 55.7 Å². The molecule has 4 saturated heterocycles. The number of hydrogen-bond acceptors (Lipinski definition) is 12. The molecule has 1 spiro atoms. The van der Waals surface area contributed by atoms with Crippen LogP contribution in [0.2, 0.25) is 5.02 Å². The molecule has 18 heteroatoms. The lowest BCUT2D eigenvalue weighted by molar-refractivity contribution is -0.129. The summed E-state index contributed by atoms with van der Waals surface area (Å²) < 4.78 is 23.8. The summed E-state index contributed by atoms with van der Waals surface area (Å²) >= 11 is 6.59. The number of piperidine rings is 3. The number of fused-ring (bicyclic) bond motifs is 2. The van der Waals surface area contributed by atoms with Gasteiger partial charge >= 0.3 is 0 Å². The summed E-state index contributed by atoms with van der Waals surface area (Å²) in [6, 6.07) is 12.4. The SMILES string of the molecule is CNC(=O)COc1cc2cc(Nc3nc(N4CCC(F)(CN5CCC6(CC5)CN(c5cccc7c5CN(C5CCC(=O)NC5O)C7=O)C6)CC4)ncc3Cl)ccc2n(C(C)C)c1=O. The zero-order valence-corrected chi connectivity index (χ0v) is 36.6. The molecule has 0 bridgehead atoms. The summed E-state index contributed by atoms with van der Waals surface area (Å²) in [7, 11) is 1.50. The van der Waals surface area contributed by atoms with Crippen LogP contribution in [0.5, 0.6) is 5.75 Å². The highest BCUT2D eigenvalue weighted by molar-refractivity contribution is 6.33. The number of aliphatic hydroxyl groups is 1. The largest absolute Gasteiger partial charge is 0.478 e. The van der Waals surface area contributed by atoms with Gasteiger partial charge in [0, 0.05) is 105 Å². The predicted octanol–water partition coefficient (Wildman–Crippen LogP) is 4.36. The van der Waals surface area contributed by atoms with Crippen molar-refractivity contribution in [2.24, 2.45) is 5.41 Å². The number of alkyl halides is 1. The molecule has 4 N–H and O–H groups in total. The average molecular weight is 885 g/mol. The molecule has 63 heavy (non-hydrogen) atoms. The van der Waals surface area contributed by atoms with E-state index in [9.17, 15) is 24.3 Å². The van der Waals surface area contributed by atoms with E-state index in [-0.39, 0.29) is 53.5 Å². The number of halogens is 2. The molecular formula is C45H54ClFN10O6. The van der Waals surface area contributed by atoms with Crippen LogP contribution in [0.4, 0.5) is 27.5 Å². The Hall–Kier alpha value is -5.52. The second-order valence-electron chi connectivity index (χ2n) is 18.1. The Labute approximate surface area is 369 Å². The second kappa shape index (κ2) is 16.9. The minimum Gasteiger partial charge on any atom is -0.478 e. The van der Waals surface area contributed by atoms with Gasteiger partial charge in [-0.25, -0.2) is 9.37 Å². The molecule has 16 nitrogen and oxygen atoms in total. The van der Waals surface area contributed by atoms with E-state index in [1.807, 2.05) is 49.1 Å². The van der Waals surface area contributed by atoms with E-state index in [2.05, 4.69) is 36.8 Å². The molecule has 0 saturated carbocycles. The first-order valence-electron chi connectivity index (χ1n) is 21.9. The lowest BCUT2D eigenvalue weighted by Crippen LogP contribution is -2.61. The molecule has 5 aliphatic rings. The number of likely N-dealkylation sites (N-methyl/N-ethyl adjacent to an activating group) is 1. The maximum absolute atomic E-state index is 16.5. The number of benzene rings is 2. The zero-order valence-electron chi connectivity index (χ0n) is 35.8. The first kappa shape index (κ1) is 42.8. The normalized spacial score (nSPS) is 22.0. The summed E-state index contributed by atoms with van der Waals surface area (Å²) in [4.78, 5) is 67.9. The number of aromatic nitrogens is 3. The van der Waals surface area contributed by atoms with Crippen LogP contribution in [0, 0.1) is 5.41 Å². The number of carbonyl (C=O) groups is 3. The van der Waals surface area contributed by atoms with E-state index in [1.54, 1.807) is 21.7 Å².